The minimum Gasteiger partial charge on any atom is -0.484 e. The Hall–Kier alpha value is -3.20. The fraction of sp³-hybridized carbons (Fsp3) is 0.316. The summed E-state index contributed by atoms with van der Waals surface area (Å²) in [7, 11) is 0. The van der Waals surface area contributed by atoms with Crippen LogP contribution in [0.3, 0.4) is 0 Å². The molecule has 0 atom stereocenters. The van der Waals surface area contributed by atoms with Crippen molar-refractivity contribution in [2.24, 2.45) is 0 Å². The molecule has 0 radical (unpaired) electrons. The minimum atomic E-state index is -0.166. The second-order valence-corrected chi connectivity index (χ2v) is 6.92. The Balaban J connectivity index is 1.35. The van der Waals surface area contributed by atoms with Crippen LogP contribution in [0, 0.1) is 0 Å². The number of nitrogens with zero attached hydrogens (tertiary/aromatic N) is 6. The third-order valence-electron chi connectivity index (χ3n) is 4.46. The predicted molar refractivity (Wildman–Crippen MR) is 105 cm³/mol. The molecule has 0 saturated carbocycles. The van der Waals surface area contributed by atoms with Gasteiger partial charge in [-0.15, -0.1) is 0 Å². The molecule has 1 fully saturated rings. The van der Waals surface area contributed by atoms with E-state index in [1.54, 1.807) is 41.7 Å². The van der Waals surface area contributed by atoms with Crippen LogP contribution >= 0.6 is 11.6 Å². The molecule has 1 aliphatic heterocycles. The molecule has 4 rings (SSSR count). The average molecular weight is 415 g/mol. The summed E-state index contributed by atoms with van der Waals surface area (Å²) < 4.78 is 10.8. The number of carbonyl (C=O) groups is 1. The smallest absolute Gasteiger partial charge is 0.276 e. The van der Waals surface area contributed by atoms with Gasteiger partial charge in [0.15, 0.2) is 11.5 Å². The van der Waals surface area contributed by atoms with Gasteiger partial charge in [0.05, 0.1) is 11.2 Å². The van der Waals surface area contributed by atoms with Gasteiger partial charge in [-0.05, 0) is 12.5 Å². The number of halogens is 1. The lowest BCUT2D eigenvalue weighted by Gasteiger charge is -2.21. The van der Waals surface area contributed by atoms with E-state index in [1.165, 1.54) is 6.20 Å². The Labute approximate surface area is 172 Å². The fourth-order valence-electron chi connectivity index (χ4n) is 3.04. The van der Waals surface area contributed by atoms with E-state index in [0.29, 0.717) is 42.1 Å². The topological polar surface area (TPSA) is 97.5 Å². The number of pyridine rings is 1. The van der Waals surface area contributed by atoms with Gasteiger partial charge in [-0.1, -0.05) is 16.8 Å². The number of hydrogen-bond acceptors (Lipinski definition) is 8. The Kier molecular flexibility index (Phi) is 5.85. The summed E-state index contributed by atoms with van der Waals surface area (Å²) in [6.45, 7) is 2.77. The van der Waals surface area contributed by atoms with Crippen LogP contribution < -0.4 is 9.64 Å². The summed E-state index contributed by atoms with van der Waals surface area (Å²) in [4.78, 5) is 29.2. The van der Waals surface area contributed by atoms with E-state index >= 15 is 0 Å². The van der Waals surface area contributed by atoms with E-state index in [2.05, 4.69) is 25.0 Å². The standard InChI is InChI=1S/C19H19ClN6O3/c20-14-9-15(12-21-11-14)28-13-16-10-17(24-29-16)18(27)25-5-2-6-26(8-7-25)19-22-3-1-4-23-19/h1,3-4,9-12H,2,5-8,13H2. The number of amides is 1. The van der Waals surface area contributed by atoms with Crippen molar-refractivity contribution in [1.82, 2.24) is 25.0 Å². The quantitative estimate of drug-likeness (QED) is 0.628. The van der Waals surface area contributed by atoms with Crippen molar-refractivity contribution in [3.8, 4) is 5.75 Å². The maximum atomic E-state index is 12.8. The summed E-state index contributed by atoms with van der Waals surface area (Å²) in [6, 6.07) is 5.03. The molecular weight excluding hydrogens is 396 g/mol. The molecule has 10 heteroatoms. The molecule has 0 aliphatic carbocycles. The van der Waals surface area contributed by atoms with Crippen LogP contribution in [-0.2, 0) is 6.61 Å². The highest BCUT2D eigenvalue weighted by Crippen LogP contribution is 2.18. The lowest BCUT2D eigenvalue weighted by Crippen LogP contribution is -2.35. The Bertz CT molecular complexity index is 967. The normalized spacial score (nSPS) is 14.5. The van der Waals surface area contributed by atoms with E-state index in [-0.39, 0.29) is 18.2 Å². The number of ether oxygens (including phenoxy) is 1. The second kappa shape index (κ2) is 8.87. The van der Waals surface area contributed by atoms with Gasteiger partial charge >= 0.3 is 0 Å². The first-order chi connectivity index (χ1) is 14.2. The largest absolute Gasteiger partial charge is 0.484 e. The molecule has 0 spiro atoms. The first kappa shape index (κ1) is 19.1. The van der Waals surface area contributed by atoms with Crippen molar-refractivity contribution in [1.29, 1.82) is 0 Å². The third kappa shape index (κ3) is 4.80. The van der Waals surface area contributed by atoms with Gasteiger partial charge in [0.2, 0.25) is 5.95 Å². The van der Waals surface area contributed by atoms with E-state index in [4.69, 9.17) is 20.9 Å². The maximum absolute atomic E-state index is 12.8. The zero-order valence-corrected chi connectivity index (χ0v) is 16.3. The number of anilines is 1. The minimum absolute atomic E-state index is 0.126. The molecule has 1 aliphatic rings. The number of carbonyl (C=O) groups excluding carboxylic acids is 1. The molecule has 3 aromatic rings. The van der Waals surface area contributed by atoms with E-state index < -0.39 is 0 Å². The Morgan fingerprint density at radius 2 is 2.00 bits per heavy atom. The summed E-state index contributed by atoms with van der Waals surface area (Å²) >= 11 is 5.88. The molecule has 29 heavy (non-hydrogen) atoms. The van der Waals surface area contributed by atoms with Crippen molar-refractivity contribution in [2.75, 3.05) is 31.1 Å². The molecule has 0 aromatic carbocycles. The monoisotopic (exact) mass is 414 g/mol. The zero-order chi connectivity index (χ0) is 20.1. The fourth-order valence-corrected chi connectivity index (χ4v) is 3.21. The second-order valence-electron chi connectivity index (χ2n) is 6.49. The van der Waals surface area contributed by atoms with Crippen molar-refractivity contribution in [2.45, 2.75) is 13.0 Å². The Morgan fingerprint density at radius 1 is 1.14 bits per heavy atom. The lowest BCUT2D eigenvalue weighted by molar-refractivity contribution is 0.0756. The molecule has 1 saturated heterocycles. The highest BCUT2D eigenvalue weighted by molar-refractivity contribution is 6.30. The Morgan fingerprint density at radius 3 is 2.83 bits per heavy atom. The summed E-state index contributed by atoms with van der Waals surface area (Å²) in [5.41, 5.74) is 0.261. The molecule has 4 heterocycles. The van der Waals surface area contributed by atoms with Crippen molar-refractivity contribution >= 4 is 23.5 Å². The molecule has 0 bridgehead atoms. The van der Waals surface area contributed by atoms with E-state index in [0.717, 1.165) is 13.0 Å². The van der Waals surface area contributed by atoms with Crippen LogP contribution in [0.2, 0.25) is 5.02 Å². The molecule has 0 unspecified atom stereocenters. The maximum Gasteiger partial charge on any atom is 0.276 e. The molecule has 3 aromatic heterocycles. The summed E-state index contributed by atoms with van der Waals surface area (Å²) in [5.74, 6) is 1.47. The van der Waals surface area contributed by atoms with Gasteiger partial charge in [0.1, 0.15) is 12.4 Å². The van der Waals surface area contributed by atoms with Gasteiger partial charge < -0.3 is 19.1 Å². The van der Waals surface area contributed by atoms with Crippen molar-refractivity contribution < 1.29 is 14.1 Å². The summed E-state index contributed by atoms with van der Waals surface area (Å²) in [6.07, 6.45) is 7.32. The SMILES string of the molecule is O=C(c1cc(COc2cncc(Cl)c2)on1)N1CCCN(c2ncccn2)CC1. The van der Waals surface area contributed by atoms with E-state index in [9.17, 15) is 4.79 Å². The van der Waals surface area contributed by atoms with E-state index in [1.807, 2.05) is 0 Å². The zero-order valence-electron chi connectivity index (χ0n) is 15.6. The van der Waals surface area contributed by atoms with Crippen molar-refractivity contribution in [3.63, 3.8) is 0 Å². The molecule has 150 valence electrons. The number of hydrogen-bond donors (Lipinski definition) is 0. The van der Waals surface area contributed by atoms with Crippen molar-refractivity contribution in [3.05, 3.63) is 59.5 Å². The van der Waals surface area contributed by atoms with Gasteiger partial charge in [0.25, 0.3) is 5.91 Å². The van der Waals surface area contributed by atoms with Gasteiger partial charge in [-0.3, -0.25) is 9.78 Å². The molecule has 9 nitrogen and oxygen atoms in total. The summed E-state index contributed by atoms with van der Waals surface area (Å²) in [5, 5.41) is 4.38. The number of rotatable bonds is 5. The van der Waals surface area contributed by atoms with Crippen LogP contribution in [0.25, 0.3) is 0 Å². The van der Waals surface area contributed by atoms with Gasteiger partial charge in [0, 0.05) is 56.9 Å². The third-order valence-corrected chi connectivity index (χ3v) is 4.66. The average Bonchev–Trinajstić information content (AvgIpc) is 3.08. The highest BCUT2D eigenvalue weighted by atomic mass is 35.5. The first-order valence-electron chi connectivity index (χ1n) is 9.19. The van der Waals surface area contributed by atoms with Crippen LogP contribution in [0.1, 0.15) is 22.7 Å². The van der Waals surface area contributed by atoms with Gasteiger partial charge in [-0.2, -0.15) is 0 Å². The molecular formula is C19H19ClN6O3. The van der Waals surface area contributed by atoms with Gasteiger partial charge in [-0.25, -0.2) is 9.97 Å². The van der Waals surface area contributed by atoms with Crippen LogP contribution in [0.5, 0.6) is 5.75 Å². The van der Waals surface area contributed by atoms with Crippen LogP contribution in [0.4, 0.5) is 5.95 Å². The lowest BCUT2D eigenvalue weighted by atomic mass is 10.3. The molecule has 0 N–H and O–H groups in total. The number of aromatic nitrogens is 4. The highest BCUT2D eigenvalue weighted by Gasteiger charge is 2.24. The molecule has 1 amide bonds. The van der Waals surface area contributed by atoms with Crippen LogP contribution in [0.15, 0.2) is 47.5 Å². The van der Waals surface area contributed by atoms with Crippen LogP contribution in [-0.4, -0.2) is 57.1 Å². The predicted octanol–water partition coefficient (Wildman–Crippen LogP) is 2.44. The first-order valence-corrected chi connectivity index (χ1v) is 9.57.